The third kappa shape index (κ3) is 5.93. The van der Waals surface area contributed by atoms with E-state index in [1.165, 1.54) is 22.3 Å². The van der Waals surface area contributed by atoms with Crippen molar-refractivity contribution in [3.8, 4) is 78.7 Å². The molecule has 0 aliphatic rings. The van der Waals surface area contributed by atoms with Gasteiger partial charge in [-0.3, -0.25) is 0 Å². The molecule has 0 atom stereocenters. The zero-order chi connectivity index (χ0) is 32.1. The highest BCUT2D eigenvalue weighted by Crippen LogP contribution is 2.40. The summed E-state index contributed by atoms with van der Waals surface area (Å²) in [5.74, 6) is 1.90. The maximum Gasteiger partial charge on any atom is 0.164 e. The van der Waals surface area contributed by atoms with Gasteiger partial charge >= 0.3 is 0 Å². The molecule has 7 aromatic carbocycles. The normalized spacial score (nSPS) is 10.9. The van der Waals surface area contributed by atoms with Gasteiger partial charge in [0.25, 0.3) is 0 Å². The van der Waals surface area contributed by atoms with Gasteiger partial charge in [-0.25, -0.2) is 15.0 Å². The van der Waals surface area contributed by atoms with E-state index in [4.69, 9.17) is 15.0 Å². The molecular formula is C45H31N3. The first kappa shape index (κ1) is 29.0. The summed E-state index contributed by atoms with van der Waals surface area (Å²) in [4.78, 5) is 15.2. The summed E-state index contributed by atoms with van der Waals surface area (Å²) < 4.78 is 0. The van der Waals surface area contributed by atoms with Gasteiger partial charge < -0.3 is 0 Å². The van der Waals surface area contributed by atoms with Gasteiger partial charge in [0.1, 0.15) is 0 Å². The summed E-state index contributed by atoms with van der Waals surface area (Å²) in [7, 11) is 0. The van der Waals surface area contributed by atoms with Gasteiger partial charge in [0.2, 0.25) is 0 Å². The van der Waals surface area contributed by atoms with Gasteiger partial charge in [-0.2, -0.15) is 0 Å². The molecule has 0 aliphatic heterocycles. The third-order valence-corrected chi connectivity index (χ3v) is 8.54. The number of benzene rings is 7. The van der Waals surface area contributed by atoms with Crippen LogP contribution in [0.15, 0.2) is 188 Å². The van der Waals surface area contributed by atoms with Crippen LogP contribution in [-0.2, 0) is 0 Å². The van der Waals surface area contributed by atoms with E-state index in [9.17, 15) is 0 Å². The Kier molecular flexibility index (Phi) is 7.92. The van der Waals surface area contributed by atoms with Crippen LogP contribution in [0.1, 0.15) is 0 Å². The Morgan fingerprint density at radius 2 is 0.458 bits per heavy atom. The molecule has 3 heteroatoms. The molecule has 1 heterocycles. The molecule has 226 valence electrons. The quantitative estimate of drug-likeness (QED) is 0.179. The summed E-state index contributed by atoms with van der Waals surface area (Å²) in [6.07, 6.45) is 0. The number of hydrogen-bond donors (Lipinski definition) is 0. The van der Waals surface area contributed by atoms with Crippen molar-refractivity contribution in [3.63, 3.8) is 0 Å². The predicted octanol–water partition coefficient (Wildman–Crippen LogP) is 11.5. The Morgan fingerprint density at radius 1 is 0.208 bits per heavy atom. The van der Waals surface area contributed by atoms with E-state index in [1.54, 1.807) is 0 Å². The summed E-state index contributed by atoms with van der Waals surface area (Å²) in [5.41, 5.74) is 12.0. The Hall–Kier alpha value is -6.45. The number of hydrogen-bond acceptors (Lipinski definition) is 3. The maximum atomic E-state index is 5.11. The minimum atomic E-state index is 0.625. The van der Waals surface area contributed by atoms with Crippen LogP contribution in [0.25, 0.3) is 78.7 Å². The van der Waals surface area contributed by atoms with Crippen LogP contribution in [0.4, 0.5) is 0 Å². The average Bonchev–Trinajstić information content (AvgIpc) is 3.19. The highest BCUT2D eigenvalue weighted by molar-refractivity contribution is 5.91. The summed E-state index contributed by atoms with van der Waals surface area (Å²) in [6.45, 7) is 0. The first-order valence-electron chi connectivity index (χ1n) is 16.1. The van der Waals surface area contributed by atoms with E-state index in [2.05, 4.69) is 127 Å². The van der Waals surface area contributed by atoms with Crippen molar-refractivity contribution >= 4 is 0 Å². The SMILES string of the molecule is c1ccc(-c2nc(-c3ccccc3)nc(-c3cc(-c4ccccc4-c4ccccc4)cc(-c4ccccc4-c4ccccc4)c3)n2)cc1. The molecule has 48 heavy (non-hydrogen) atoms. The molecule has 8 aromatic rings. The van der Waals surface area contributed by atoms with Crippen molar-refractivity contribution in [1.29, 1.82) is 0 Å². The van der Waals surface area contributed by atoms with E-state index >= 15 is 0 Å². The van der Waals surface area contributed by atoms with Gasteiger partial charge in [0.05, 0.1) is 0 Å². The summed E-state index contributed by atoms with van der Waals surface area (Å²) in [6, 6.07) is 65.3. The lowest BCUT2D eigenvalue weighted by Crippen LogP contribution is -2.00. The van der Waals surface area contributed by atoms with Crippen LogP contribution < -0.4 is 0 Å². The highest BCUT2D eigenvalue weighted by Gasteiger charge is 2.17. The van der Waals surface area contributed by atoms with Crippen LogP contribution in [0, 0.1) is 0 Å². The largest absolute Gasteiger partial charge is 0.208 e. The average molecular weight is 614 g/mol. The van der Waals surface area contributed by atoms with Crippen molar-refractivity contribution in [1.82, 2.24) is 15.0 Å². The van der Waals surface area contributed by atoms with Crippen LogP contribution in [-0.4, -0.2) is 15.0 Å². The van der Waals surface area contributed by atoms with Gasteiger partial charge in [-0.1, -0.05) is 170 Å². The molecule has 0 unspecified atom stereocenters. The van der Waals surface area contributed by atoms with Crippen LogP contribution >= 0.6 is 0 Å². The van der Waals surface area contributed by atoms with Gasteiger partial charge in [-0.05, 0) is 62.7 Å². The minimum Gasteiger partial charge on any atom is -0.208 e. The van der Waals surface area contributed by atoms with Crippen molar-refractivity contribution < 1.29 is 0 Å². The fourth-order valence-electron chi connectivity index (χ4n) is 6.21. The van der Waals surface area contributed by atoms with E-state index in [-0.39, 0.29) is 0 Å². The molecule has 0 amide bonds. The van der Waals surface area contributed by atoms with Crippen LogP contribution in [0.3, 0.4) is 0 Å². The zero-order valence-corrected chi connectivity index (χ0v) is 26.2. The number of nitrogens with zero attached hydrogens (tertiary/aromatic N) is 3. The van der Waals surface area contributed by atoms with Gasteiger partial charge in [0, 0.05) is 16.7 Å². The molecule has 0 bridgehead atoms. The molecule has 1 aromatic heterocycles. The Labute approximate surface area is 280 Å². The van der Waals surface area contributed by atoms with Crippen molar-refractivity contribution in [2.75, 3.05) is 0 Å². The highest BCUT2D eigenvalue weighted by atomic mass is 15.0. The van der Waals surface area contributed by atoms with E-state index in [0.717, 1.165) is 38.9 Å². The van der Waals surface area contributed by atoms with Crippen LogP contribution in [0.5, 0.6) is 0 Å². The second kappa shape index (κ2) is 13.1. The molecule has 0 spiro atoms. The standard InChI is InChI=1S/C45H31N3/c1-5-17-32(18-6-1)39-25-13-15-27-41(39)36-29-37(42-28-16-14-26-40(42)33-19-7-2-8-20-33)31-38(30-36)45-47-43(34-21-9-3-10-22-34)46-44(48-45)35-23-11-4-12-24-35/h1-31H. The van der Waals surface area contributed by atoms with E-state index in [1.807, 2.05) is 60.7 Å². The summed E-state index contributed by atoms with van der Waals surface area (Å²) in [5, 5.41) is 0. The van der Waals surface area contributed by atoms with Crippen molar-refractivity contribution in [2.45, 2.75) is 0 Å². The molecule has 3 nitrogen and oxygen atoms in total. The third-order valence-electron chi connectivity index (χ3n) is 8.54. The fourth-order valence-corrected chi connectivity index (χ4v) is 6.21. The van der Waals surface area contributed by atoms with Crippen molar-refractivity contribution in [3.05, 3.63) is 188 Å². The Bertz CT molecular complexity index is 2160. The maximum absolute atomic E-state index is 5.11. The predicted molar refractivity (Wildman–Crippen MR) is 198 cm³/mol. The van der Waals surface area contributed by atoms with Crippen molar-refractivity contribution in [2.24, 2.45) is 0 Å². The van der Waals surface area contributed by atoms with Gasteiger partial charge in [-0.15, -0.1) is 0 Å². The Balaban J connectivity index is 1.39. The van der Waals surface area contributed by atoms with E-state index < -0.39 is 0 Å². The lowest BCUT2D eigenvalue weighted by molar-refractivity contribution is 1.07. The lowest BCUT2D eigenvalue weighted by Gasteiger charge is -2.16. The molecular weight excluding hydrogens is 583 g/mol. The van der Waals surface area contributed by atoms with Crippen LogP contribution in [0.2, 0.25) is 0 Å². The second-order valence-electron chi connectivity index (χ2n) is 11.7. The monoisotopic (exact) mass is 613 g/mol. The topological polar surface area (TPSA) is 38.7 Å². The molecule has 0 saturated heterocycles. The molecule has 0 saturated carbocycles. The molecule has 0 fully saturated rings. The second-order valence-corrected chi connectivity index (χ2v) is 11.7. The Morgan fingerprint density at radius 3 is 0.812 bits per heavy atom. The smallest absolute Gasteiger partial charge is 0.164 e. The zero-order valence-electron chi connectivity index (χ0n) is 26.2. The van der Waals surface area contributed by atoms with Gasteiger partial charge in [0.15, 0.2) is 17.5 Å². The lowest BCUT2D eigenvalue weighted by atomic mass is 9.89. The molecule has 0 aliphatic carbocycles. The van der Waals surface area contributed by atoms with E-state index in [0.29, 0.717) is 17.5 Å². The molecule has 0 radical (unpaired) electrons. The molecule has 0 N–H and O–H groups in total. The number of rotatable bonds is 7. The number of aromatic nitrogens is 3. The first-order chi connectivity index (χ1) is 23.8. The first-order valence-corrected chi connectivity index (χ1v) is 16.1. The summed E-state index contributed by atoms with van der Waals surface area (Å²) >= 11 is 0. The minimum absolute atomic E-state index is 0.625. The fraction of sp³-hybridized carbons (Fsp3) is 0. The molecule has 8 rings (SSSR count).